The Bertz CT molecular complexity index is 1720. The molecule has 3 aliphatic rings. The Morgan fingerprint density at radius 3 is 2.56 bits per heavy atom. The lowest BCUT2D eigenvalue weighted by atomic mass is 9.90. The molecule has 3 fully saturated rings. The van der Waals surface area contributed by atoms with Crippen molar-refractivity contribution in [3.8, 4) is 5.82 Å². The van der Waals surface area contributed by atoms with Crippen molar-refractivity contribution in [2.75, 3.05) is 56.2 Å². The maximum Gasteiger partial charge on any atom is 0.410 e. The lowest BCUT2D eigenvalue weighted by molar-refractivity contribution is -0.127. The predicted molar refractivity (Wildman–Crippen MR) is 181 cm³/mol. The number of morpholine rings is 1. The Morgan fingerprint density at radius 1 is 1.08 bits per heavy atom. The van der Waals surface area contributed by atoms with Crippen LogP contribution in [0, 0.1) is 5.92 Å². The van der Waals surface area contributed by atoms with Crippen molar-refractivity contribution in [2.24, 2.45) is 11.0 Å². The van der Waals surface area contributed by atoms with Gasteiger partial charge in [-0.15, -0.1) is 0 Å². The summed E-state index contributed by atoms with van der Waals surface area (Å²) in [6, 6.07) is 8.72. The molecule has 2 N–H and O–H groups in total. The number of amides is 2. The smallest absolute Gasteiger partial charge is 0.410 e. The van der Waals surface area contributed by atoms with Crippen LogP contribution in [0.15, 0.2) is 35.4 Å². The summed E-state index contributed by atoms with van der Waals surface area (Å²) in [5.74, 6) is 0.453. The monoisotopic (exact) mass is 695 g/mol. The molecule has 2 aromatic heterocycles. The SMILES string of the molecule is CC(C)(CN=[N+]=[N-])OC(=O)N1CCC[C@H](C(=O)N[C@H]2CC[C@H](Nc3cc(-n4c(C(F)F)nc5ccccc54)nc(N4CCOCC4)n3)CC2)C1. The first-order valence-electron chi connectivity index (χ1n) is 17.1. The highest BCUT2D eigenvalue weighted by atomic mass is 19.3. The molecular weight excluding hydrogens is 652 g/mol. The number of para-hydroxylation sites is 2. The van der Waals surface area contributed by atoms with Gasteiger partial charge in [-0.25, -0.2) is 18.6 Å². The van der Waals surface area contributed by atoms with Crippen LogP contribution >= 0.6 is 0 Å². The molecule has 1 aromatic carbocycles. The van der Waals surface area contributed by atoms with E-state index < -0.39 is 18.1 Å². The lowest BCUT2D eigenvalue weighted by Gasteiger charge is -2.35. The Morgan fingerprint density at radius 2 is 1.82 bits per heavy atom. The van der Waals surface area contributed by atoms with E-state index in [2.05, 4.69) is 25.6 Å². The van der Waals surface area contributed by atoms with Gasteiger partial charge in [0.25, 0.3) is 6.43 Å². The zero-order valence-electron chi connectivity index (χ0n) is 28.3. The molecule has 17 heteroatoms. The maximum atomic E-state index is 14.2. The van der Waals surface area contributed by atoms with Crippen molar-refractivity contribution in [3.63, 3.8) is 0 Å². The Hall–Kier alpha value is -4.76. The number of benzene rings is 1. The minimum atomic E-state index is -2.81. The third kappa shape index (κ3) is 8.33. The highest BCUT2D eigenvalue weighted by Crippen LogP contribution is 2.30. The molecule has 2 amide bonds. The number of nitrogens with zero attached hydrogens (tertiary/aromatic N) is 9. The summed E-state index contributed by atoms with van der Waals surface area (Å²) in [6.45, 7) is 6.32. The molecule has 2 aliphatic heterocycles. The van der Waals surface area contributed by atoms with Gasteiger partial charge >= 0.3 is 6.09 Å². The molecule has 0 spiro atoms. The molecule has 3 aromatic rings. The molecule has 268 valence electrons. The fraction of sp³-hybridized carbons (Fsp3) is 0.606. The molecular formula is C33H43F2N11O4. The predicted octanol–water partition coefficient (Wildman–Crippen LogP) is 5.37. The van der Waals surface area contributed by atoms with Gasteiger partial charge in [0.1, 0.15) is 17.2 Å². The first-order chi connectivity index (χ1) is 24.1. The molecule has 50 heavy (non-hydrogen) atoms. The van der Waals surface area contributed by atoms with E-state index >= 15 is 0 Å². The number of piperidine rings is 1. The highest BCUT2D eigenvalue weighted by Gasteiger charge is 2.34. The topological polar surface area (TPSA) is 176 Å². The number of carbonyl (C=O) groups is 2. The second-order valence-corrected chi connectivity index (χ2v) is 13.6. The number of alkyl halides is 2. The zero-order valence-corrected chi connectivity index (χ0v) is 28.3. The number of azide groups is 1. The third-order valence-electron chi connectivity index (χ3n) is 9.36. The molecule has 1 atom stereocenters. The van der Waals surface area contributed by atoms with E-state index in [4.69, 9.17) is 25.0 Å². The molecule has 4 heterocycles. The highest BCUT2D eigenvalue weighted by molar-refractivity contribution is 5.80. The van der Waals surface area contributed by atoms with Crippen LogP contribution in [0.4, 0.5) is 25.3 Å². The average molecular weight is 696 g/mol. The fourth-order valence-electron chi connectivity index (χ4n) is 6.75. The van der Waals surface area contributed by atoms with E-state index in [1.165, 1.54) is 4.57 Å². The minimum absolute atomic E-state index is 0.0126. The number of nitrogens with one attached hydrogen (secondary N) is 2. The van der Waals surface area contributed by atoms with Crippen molar-refractivity contribution < 1.29 is 27.8 Å². The van der Waals surface area contributed by atoms with Crippen LogP contribution in [0.2, 0.25) is 0 Å². The number of imidazole rings is 1. The molecule has 1 saturated carbocycles. The molecule has 2 saturated heterocycles. The van der Waals surface area contributed by atoms with Gasteiger partial charge in [-0.05, 0) is 70.0 Å². The van der Waals surface area contributed by atoms with Crippen LogP contribution in [0.3, 0.4) is 0 Å². The van der Waals surface area contributed by atoms with Crippen molar-refractivity contribution in [1.29, 1.82) is 0 Å². The third-order valence-corrected chi connectivity index (χ3v) is 9.36. The van der Waals surface area contributed by atoms with Crippen molar-refractivity contribution in [1.82, 2.24) is 29.7 Å². The van der Waals surface area contributed by atoms with Crippen LogP contribution in [0.5, 0.6) is 0 Å². The van der Waals surface area contributed by atoms with E-state index in [9.17, 15) is 18.4 Å². The number of carbonyl (C=O) groups excluding carboxylic acids is 2. The van der Waals surface area contributed by atoms with Crippen molar-refractivity contribution >= 4 is 34.8 Å². The normalized spacial score (nSPS) is 21.5. The van der Waals surface area contributed by atoms with Crippen LogP contribution in [0.1, 0.15) is 64.6 Å². The van der Waals surface area contributed by atoms with Gasteiger partial charge in [0.2, 0.25) is 11.9 Å². The van der Waals surface area contributed by atoms with Crippen LogP contribution < -0.4 is 15.5 Å². The summed E-state index contributed by atoms with van der Waals surface area (Å²) >= 11 is 0. The quantitative estimate of drug-likeness (QED) is 0.161. The average Bonchev–Trinajstić information content (AvgIpc) is 3.52. The summed E-state index contributed by atoms with van der Waals surface area (Å²) in [6.07, 6.45) is 1.03. The summed E-state index contributed by atoms with van der Waals surface area (Å²) in [5.41, 5.74) is 8.63. The van der Waals surface area contributed by atoms with Crippen LogP contribution in [-0.4, -0.2) is 100 Å². The minimum Gasteiger partial charge on any atom is -0.443 e. The number of hydrogen-bond acceptors (Lipinski definition) is 10. The van der Waals surface area contributed by atoms with Gasteiger partial charge in [-0.3, -0.25) is 9.36 Å². The summed E-state index contributed by atoms with van der Waals surface area (Å²) in [4.78, 5) is 46.1. The molecule has 0 bridgehead atoms. The van der Waals surface area contributed by atoms with Gasteiger partial charge in [0.15, 0.2) is 5.82 Å². The van der Waals surface area contributed by atoms with Gasteiger partial charge in [0, 0.05) is 49.2 Å². The van der Waals surface area contributed by atoms with Crippen LogP contribution in [0.25, 0.3) is 27.3 Å². The molecule has 1 aliphatic carbocycles. The summed E-state index contributed by atoms with van der Waals surface area (Å²) < 4.78 is 40.9. The van der Waals surface area contributed by atoms with E-state index in [1.807, 2.05) is 4.90 Å². The van der Waals surface area contributed by atoms with Gasteiger partial charge in [-0.2, -0.15) is 9.97 Å². The first kappa shape index (κ1) is 35.1. The second kappa shape index (κ2) is 15.4. The Labute approximate surface area is 288 Å². The number of halogens is 2. The van der Waals surface area contributed by atoms with E-state index in [-0.39, 0.29) is 42.8 Å². The lowest BCUT2D eigenvalue weighted by Crippen LogP contribution is -2.50. The summed E-state index contributed by atoms with van der Waals surface area (Å²) in [5, 5.41) is 10.2. The largest absolute Gasteiger partial charge is 0.443 e. The van der Waals surface area contributed by atoms with Crippen molar-refractivity contribution in [2.45, 2.75) is 76.5 Å². The number of hydrogen-bond donors (Lipinski definition) is 2. The van der Waals surface area contributed by atoms with Gasteiger partial charge in [0.05, 0.1) is 36.7 Å². The number of likely N-dealkylation sites (tertiary alicyclic amines) is 1. The zero-order chi connectivity index (χ0) is 35.3. The number of fused-ring (bicyclic) bond motifs is 1. The number of anilines is 2. The Balaban J connectivity index is 1.09. The number of aromatic nitrogens is 4. The molecule has 0 radical (unpaired) electrons. The van der Waals surface area contributed by atoms with Crippen molar-refractivity contribution in [3.05, 3.63) is 46.6 Å². The first-order valence-corrected chi connectivity index (χ1v) is 17.1. The van der Waals surface area contributed by atoms with E-state index in [0.29, 0.717) is 74.3 Å². The summed E-state index contributed by atoms with van der Waals surface area (Å²) in [7, 11) is 0. The van der Waals surface area contributed by atoms with E-state index in [1.54, 1.807) is 49.1 Å². The fourth-order valence-corrected chi connectivity index (χ4v) is 6.75. The molecule has 6 rings (SSSR count). The second-order valence-electron chi connectivity index (χ2n) is 13.6. The molecule has 0 unspecified atom stereocenters. The molecule has 15 nitrogen and oxygen atoms in total. The van der Waals surface area contributed by atoms with Gasteiger partial charge < -0.3 is 29.9 Å². The Kier molecular flexibility index (Phi) is 10.8. The van der Waals surface area contributed by atoms with Crippen LogP contribution in [-0.2, 0) is 14.3 Å². The standard InChI is InChI=1S/C33H43F2N11O4/c1-33(2,20-37-43-36)50-32(48)45-13-5-6-21(19-45)30(47)39-23-11-9-22(10-12-23)38-26-18-27(42-31(41-26)44-14-16-49-17-15-44)46-25-8-4-3-7-24(25)40-29(46)28(34)35/h3-4,7-8,18,21-23,28H,5-6,9-17,19-20H2,1-2H3,(H,39,47)(H,38,41,42)/t21-,22-,23-/m0/s1. The number of ether oxygens (including phenoxy) is 2. The maximum absolute atomic E-state index is 14.2. The van der Waals surface area contributed by atoms with Gasteiger partial charge in [-0.1, -0.05) is 17.2 Å². The van der Waals surface area contributed by atoms with E-state index in [0.717, 1.165) is 25.7 Å². The number of rotatable bonds is 10.